The lowest BCUT2D eigenvalue weighted by Gasteiger charge is -2.15. The Morgan fingerprint density at radius 1 is 1.29 bits per heavy atom. The third-order valence-corrected chi connectivity index (χ3v) is 5.44. The van der Waals surface area contributed by atoms with E-state index in [2.05, 4.69) is 39.0 Å². The molecule has 0 saturated heterocycles. The van der Waals surface area contributed by atoms with Crippen LogP contribution in [0.15, 0.2) is 58.6 Å². The van der Waals surface area contributed by atoms with Crippen LogP contribution in [0.5, 0.6) is 0 Å². The van der Waals surface area contributed by atoms with Gasteiger partial charge in [-0.05, 0) is 25.5 Å². The molecule has 0 aromatic carbocycles. The van der Waals surface area contributed by atoms with Gasteiger partial charge in [-0.25, -0.2) is 28.7 Å². The minimum Gasteiger partial charge on any atom is -0.326 e. The van der Waals surface area contributed by atoms with Crippen molar-refractivity contribution in [2.45, 2.75) is 53.5 Å². The molecule has 0 atom stereocenters. The van der Waals surface area contributed by atoms with Crippen LogP contribution in [0, 0.1) is 0 Å². The van der Waals surface area contributed by atoms with Crippen LogP contribution < -0.4 is 10.9 Å². The zero-order valence-electron chi connectivity index (χ0n) is 20.5. The van der Waals surface area contributed by atoms with Gasteiger partial charge in [0.25, 0.3) is 0 Å². The maximum Gasteiger partial charge on any atom is 0.189 e. The molecule has 0 radical (unpaired) electrons. The van der Waals surface area contributed by atoms with Crippen LogP contribution in [0.1, 0.15) is 56.1 Å². The van der Waals surface area contributed by atoms with Crippen LogP contribution >= 0.6 is 11.3 Å². The number of thiazole rings is 1. The Morgan fingerprint density at radius 2 is 2.09 bits per heavy atom. The Hall–Kier alpha value is -3.40. The molecule has 0 aliphatic rings. The van der Waals surface area contributed by atoms with E-state index in [0.717, 1.165) is 46.4 Å². The Balaban J connectivity index is 0.00000199. The van der Waals surface area contributed by atoms with Gasteiger partial charge >= 0.3 is 0 Å². The molecule has 10 heteroatoms. The Labute approximate surface area is 204 Å². The summed E-state index contributed by atoms with van der Waals surface area (Å²) in [5.74, 6) is -0.454. The third-order valence-electron chi connectivity index (χ3n) is 4.68. The van der Waals surface area contributed by atoms with Crippen molar-refractivity contribution in [3.8, 4) is 0 Å². The number of aliphatic imine (C=N–C) groups is 1. The first-order valence-electron chi connectivity index (χ1n) is 11.3. The minimum absolute atomic E-state index is 0.0921. The molecule has 0 aliphatic carbocycles. The molecule has 0 bridgehead atoms. The second kappa shape index (κ2) is 14.0. The van der Waals surface area contributed by atoms with E-state index < -0.39 is 5.83 Å². The molecule has 3 rings (SSSR count). The molecule has 34 heavy (non-hydrogen) atoms. The van der Waals surface area contributed by atoms with Crippen LogP contribution in [0.25, 0.3) is 5.82 Å². The van der Waals surface area contributed by atoms with E-state index in [9.17, 15) is 4.39 Å². The average molecular weight is 485 g/mol. The van der Waals surface area contributed by atoms with Gasteiger partial charge in [0.1, 0.15) is 11.3 Å². The zero-order valence-corrected chi connectivity index (χ0v) is 21.3. The monoisotopic (exact) mass is 484 g/mol. The van der Waals surface area contributed by atoms with Crippen LogP contribution in [0.2, 0.25) is 0 Å². The lowest BCUT2D eigenvalue weighted by Crippen LogP contribution is -2.32. The fraction of sp³-hybridized carbons (Fsp3) is 0.375. The van der Waals surface area contributed by atoms with E-state index in [-0.39, 0.29) is 5.82 Å². The first-order valence-corrected chi connectivity index (χ1v) is 12.2. The molecule has 3 aromatic rings. The summed E-state index contributed by atoms with van der Waals surface area (Å²) in [6.45, 7) is 11.8. The molecule has 0 saturated carbocycles. The average Bonchev–Trinajstić information content (AvgIpc) is 3.55. The molecule has 0 aliphatic heterocycles. The summed E-state index contributed by atoms with van der Waals surface area (Å²) in [7, 11) is 1.83. The molecular weight excluding hydrogens is 451 g/mol. The molecule has 0 spiro atoms. The summed E-state index contributed by atoms with van der Waals surface area (Å²) in [6.07, 6.45) is 9.94. The maximum atomic E-state index is 14.4. The van der Waals surface area contributed by atoms with Gasteiger partial charge < -0.3 is 5.43 Å². The number of nitrogens with one attached hydrogen (secondary N) is 1. The molecule has 0 unspecified atom stereocenters. The SMILES string of the molecule is C=C/C(F)=C(\N=C/C)n1nccc1Cc1ncn(NC)c(=NCc2nccs2)c1CCC.CC. The van der Waals surface area contributed by atoms with Crippen LogP contribution in [-0.4, -0.2) is 37.7 Å². The molecule has 3 aromatic heterocycles. The highest BCUT2D eigenvalue weighted by Crippen LogP contribution is 2.19. The summed E-state index contributed by atoms with van der Waals surface area (Å²) < 4.78 is 17.7. The van der Waals surface area contributed by atoms with Gasteiger partial charge in [0, 0.05) is 43.0 Å². The Morgan fingerprint density at radius 3 is 2.71 bits per heavy atom. The van der Waals surface area contributed by atoms with Gasteiger partial charge in [0.05, 0.1) is 17.9 Å². The fourth-order valence-electron chi connectivity index (χ4n) is 3.26. The van der Waals surface area contributed by atoms with Crippen molar-refractivity contribution >= 4 is 23.4 Å². The normalized spacial score (nSPS) is 12.4. The van der Waals surface area contributed by atoms with Crippen LogP contribution in [-0.2, 0) is 19.4 Å². The lowest BCUT2D eigenvalue weighted by molar-refractivity contribution is 0.650. The second-order valence-electron chi connectivity index (χ2n) is 6.75. The summed E-state index contributed by atoms with van der Waals surface area (Å²) in [4.78, 5) is 18.0. The fourth-order valence-corrected chi connectivity index (χ4v) is 3.80. The van der Waals surface area contributed by atoms with Crippen molar-refractivity contribution < 1.29 is 4.39 Å². The smallest absolute Gasteiger partial charge is 0.189 e. The molecule has 0 fully saturated rings. The topological polar surface area (TPSA) is 85.3 Å². The molecule has 1 N–H and O–H groups in total. The zero-order chi connectivity index (χ0) is 24.9. The highest BCUT2D eigenvalue weighted by Gasteiger charge is 2.16. The molecular formula is C24H33FN8S. The first kappa shape index (κ1) is 26.8. The predicted octanol–water partition coefficient (Wildman–Crippen LogP) is 4.75. The Bertz CT molecular complexity index is 1170. The number of hydrogen-bond acceptors (Lipinski definition) is 7. The largest absolute Gasteiger partial charge is 0.326 e. The van der Waals surface area contributed by atoms with Gasteiger partial charge in [0.15, 0.2) is 17.1 Å². The van der Waals surface area contributed by atoms with Gasteiger partial charge in [0.2, 0.25) is 0 Å². The van der Waals surface area contributed by atoms with Crippen molar-refractivity contribution in [3.63, 3.8) is 0 Å². The molecule has 3 heterocycles. The van der Waals surface area contributed by atoms with E-state index in [1.807, 2.05) is 37.0 Å². The minimum atomic E-state index is -0.546. The maximum absolute atomic E-state index is 14.4. The quantitative estimate of drug-likeness (QED) is 0.332. The van der Waals surface area contributed by atoms with E-state index in [0.29, 0.717) is 13.0 Å². The lowest BCUT2D eigenvalue weighted by atomic mass is 10.1. The number of halogens is 1. The standard InChI is InChI=1S/C22H27FN8S.C2H6/c1-5-8-17-19(13-16-9-10-29-31(16)22(25-7-3)18(23)6-2)28-15-30(24-4)21(17)27-14-20-26-11-12-32-20;1-2/h6-7,9-12,15,24H,2,5,8,13-14H2,1,3-4H3;1-2H3/b22-18-,25-7-,27-21?;. The summed E-state index contributed by atoms with van der Waals surface area (Å²) in [6, 6.07) is 1.84. The number of nitrogens with zero attached hydrogens (tertiary/aromatic N) is 7. The third kappa shape index (κ3) is 6.57. The highest BCUT2D eigenvalue weighted by molar-refractivity contribution is 7.09. The van der Waals surface area contributed by atoms with Gasteiger partial charge in [-0.3, -0.25) is 4.99 Å². The molecule has 8 nitrogen and oxygen atoms in total. The van der Waals surface area contributed by atoms with Gasteiger partial charge in [-0.15, -0.1) is 11.3 Å². The summed E-state index contributed by atoms with van der Waals surface area (Å²) in [5, 5.41) is 7.17. The van der Waals surface area contributed by atoms with E-state index in [1.54, 1.807) is 37.0 Å². The second-order valence-corrected chi connectivity index (χ2v) is 7.73. The van der Waals surface area contributed by atoms with E-state index >= 15 is 0 Å². The van der Waals surface area contributed by atoms with Crippen molar-refractivity contribution in [1.82, 2.24) is 24.4 Å². The summed E-state index contributed by atoms with van der Waals surface area (Å²) in [5.41, 5.74) is 6.58. The van der Waals surface area contributed by atoms with Crippen LogP contribution in [0.3, 0.4) is 0 Å². The molecule has 0 amide bonds. The van der Waals surface area contributed by atoms with Crippen molar-refractivity contribution in [3.05, 3.63) is 76.1 Å². The molecule has 182 valence electrons. The van der Waals surface area contributed by atoms with Crippen LogP contribution in [0.4, 0.5) is 4.39 Å². The van der Waals surface area contributed by atoms with Crippen molar-refractivity contribution in [1.29, 1.82) is 0 Å². The number of allylic oxidation sites excluding steroid dienone is 2. The Kier molecular flexibility index (Phi) is 11.0. The highest BCUT2D eigenvalue weighted by atomic mass is 32.1. The van der Waals surface area contributed by atoms with E-state index in [1.165, 1.54) is 10.9 Å². The number of hydrogen-bond donors (Lipinski definition) is 1. The number of rotatable bonds is 10. The van der Waals surface area contributed by atoms with Gasteiger partial charge in [-0.1, -0.05) is 33.8 Å². The predicted molar refractivity (Wildman–Crippen MR) is 138 cm³/mol. The van der Waals surface area contributed by atoms with Crippen molar-refractivity contribution in [2.24, 2.45) is 9.98 Å². The summed E-state index contributed by atoms with van der Waals surface area (Å²) >= 11 is 1.57. The number of aromatic nitrogens is 5. The van der Waals surface area contributed by atoms with Crippen molar-refractivity contribution in [2.75, 3.05) is 12.5 Å². The van der Waals surface area contributed by atoms with Gasteiger partial charge in [-0.2, -0.15) is 5.10 Å². The van der Waals surface area contributed by atoms with E-state index in [4.69, 9.17) is 4.99 Å². The first-order chi connectivity index (χ1) is 16.6.